The Bertz CT molecular complexity index is 725. The highest BCUT2D eigenvalue weighted by molar-refractivity contribution is 7.92. The van der Waals surface area contributed by atoms with Crippen LogP contribution >= 0.6 is 11.6 Å². The third kappa shape index (κ3) is 2.92. The molecule has 0 saturated heterocycles. The van der Waals surface area contributed by atoms with Crippen LogP contribution in [0.2, 0.25) is 5.02 Å². The van der Waals surface area contributed by atoms with Gasteiger partial charge < -0.3 is 5.73 Å². The van der Waals surface area contributed by atoms with Crippen molar-refractivity contribution in [1.82, 2.24) is 10.2 Å². The summed E-state index contributed by atoms with van der Waals surface area (Å²) in [6.45, 7) is 1.68. The number of aromatic amines is 1. The Balaban J connectivity index is 2.40. The molecule has 0 radical (unpaired) electrons. The Morgan fingerprint density at radius 2 is 2.15 bits per heavy atom. The standard InChI is InChI=1S/C11H12ClFN4O2S/c1-6-10(5-14)11(16-15-6)20(18,19)17-9-3-7(12)2-8(13)4-9/h2-4,17H,5,14H2,1H3,(H,15,16). The first-order valence-corrected chi connectivity index (χ1v) is 7.42. The zero-order valence-corrected chi connectivity index (χ0v) is 12.0. The van der Waals surface area contributed by atoms with Crippen molar-refractivity contribution in [3.8, 4) is 0 Å². The third-order valence-electron chi connectivity index (χ3n) is 2.61. The highest BCUT2D eigenvalue weighted by Gasteiger charge is 2.23. The molecule has 0 aliphatic rings. The van der Waals surface area contributed by atoms with E-state index in [9.17, 15) is 12.8 Å². The highest BCUT2D eigenvalue weighted by atomic mass is 35.5. The van der Waals surface area contributed by atoms with Gasteiger partial charge in [0.15, 0.2) is 0 Å². The van der Waals surface area contributed by atoms with Gasteiger partial charge in [-0.15, -0.1) is 0 Å². The molecule has 2 rings (SSSR count). The summed E-state index contributed by atoms with van der Waals surface area (Å²) in [5.74, 6) is -0.646. The zero-order chi connectivity index (χ0) is 14.9. The summed E-state index contributed by atoms with van der Waals surface area (Å²) in [5.41, 5.74) is 6.45. The Morgan fingerprint density at radius 1 is 1.45 bits per heavy atom. The SMILES string of the molecule is Cc1[nH]nc(S(=O)(=O)Nc2cc(F)cc(Cl)c2)c1CN. The molecule has 20 heavy (non-hydrogen) atoms. The van der Waals surface area contributed by atoms with Gasteiger partial charge in [0.1, 0.15) is 5.82 Å². The molecule has 0 aliphatic heterocycles. The summed E-state index contributed by atoms with van der Waals surface area (Å²) in [6.07, 6.45) is 0. The molecule has 6 nitrogen and oxygen atoms in total. The summed E-state index contributed by atoms with van der Waals surface area (Å²) in [6, 6.07) is 3.39. The quantitative estimate of drug-likeness (QED) is 0.799. The Hall–Kier alpha value is -1.64. The van der Waals surface area contributed by atoms with E-state index < -0.39 is 15.8 Å². The number of anilines is 1. The van der Waals surface area contributed by atoms with Gasteiger partial charge in [-0.25, -0.2) is 4.39 Å². The van der Waals surface area contributed by atoms with E-state index >= 15 is 0 Å². The first-order chi connectivity index (χ1) is 9.33. The van der Waals surface area contributed by atoms with Crippen LogP contribution in [0.25, 0.3) is 0 Å². The first-order valence-electron chi connectivity index (χ1n) is 5.56. The molecule has 0 aliphatic carbocycles. The van der Waals surface area contributed by atoms with Gasteiger partial charge in [0, 0.05) is 22.8 Å². The van der Waals surface area contributed by atoms with E-state index in [-0.39, 0.29) is 22.3 Å². The molecule has 0 spiro atoms. The van der Waals surface area contributed by atoms with E-state index in [1.807, 2.05) is 0 Å². The molecule has 1 heterocycles. The molecular weight excluding hydrogens is 307 g/mol. The fourth-order valence-electron chi connectivity index (χ4n) is 1.71. The maximum Gasteiger partial charge on any atom is 0.281 e. The second-order valence-electron chi connectivity index (χ2n) is 4.10. The average Bonchev–Trinajstić information content (AvgIpc) is 2.68. The van der Waals surface area contributed by atoms with Crippen molar-refractivity contribution >= 4 is 27.3 Å². The Labute approximate surface area is 120 Å². The van der Waals surface area contributed by atoms with Gasteiger partial charge >= 0.3 is 0 Å². The van der Waals surface area contributed by atoms with E-state index in [1.54, 1.807) is 6.92 Å². The normalized spacial score (nSPS) is 11.6. The smallest absolute Gasteiger partial charge is 0.281 e. The van der Waals surface area contributed by atoms with Crippen molar-refractivity contribution in [3.63, 3.8) is 0 Å². The molecule has 1 aromatic heterocycles. The number of H-pyrrole nitrogens is 1. The summed E-state index contributed by atoms with van der Waals surface area (Å²) in [5, 5.41) is 6.14. The molecule has 0 amide bonds. The fraction of sp³-hybridized carbons (Fsp3) is 0.182. The molecule has 4 N–H and O–H groups in total. The van der Waals surface area contributed by atoms with Crippen LogP contribution in [0.15, 0.2) is 23.2 Å². The molecule has 1 aromatic carbocycles. The molecule has 0 bridgehead atoms. The molecule has 9 heteroatoms. The van der Waals surface area contributed by atoms with E-state index in [4.69, 9.17) is 17.3 Å². The molecule has 108 valence electrons. The van der Waals surface area contributed by atoms with Crippen LogP contribution in [0.3, 0.4) is 0 Å². The molecular formula is C11H12ClFN4O2S. The number of nitrogens with two attached hydrogens (primary N) is 1. The van der Waals surface area contributed by atoms with Crippen molar-refractivity contribution in [2.24, 2.45) is 5.73 Å². The third-order valence-corrected chi connectivity index (χ3v) is 4.18. The number of sulfonamides is 1. The monoisotopic (exact) mass is 318 g/mol. The largest absolute Gasteiger partial charge is 0.326 e. The maximum absolute atomic E-state index is 13.2. The summed E-state index contributed by atoms with van der Waals surface area (Å²) in [4.78, 5) is 0. The van der Waals surface area contributed by atoms with Crippen LogP contribution in [0.5, 0.6) is 0 Å². The van der Waals surface area contributed by atoms with Crippen molar-refractivity contribution in [3.05, 3.63) is 40.3 Å². The zero-order valence-electron chi connectivity index (χ0n) is 10.4. The number of nitrogens with one attached hydrogen (secondary N) is 2. The lowest BCUT2D eigenvalue weighted by atomic mass is 10.3. The van der Waals surface area contributed by atoms with Gasteiger partial charge in [0.05, 0.1) is 5.69 Å². The van der Waals surface area contributed by atoms with Gasteiger partial charge in [0.2, 0.25) is 5.03 Å². The lowest BCUT2D eigenvalue weighted by molar-refractivity contribution is 0.595. The number of benzene rings is 1. The lowest BCUT2D eigenvalue weighted by Crippen LogP contribution is -2.16. The molecule has 0 saturated carbocycles. The fourth-order valence-corrected chi connectivity index (χ4v) is 3.18. The van der Waals surface area contributed by atoms with Gasteiger partial charge in [-0.2, -0.15) is 13.5 Å². The summed E-state index contributed by atoms with van der Waals surface area (Å²) >= 11 is 5.67. The topological polar surface area (TPSA) is 101 Å². The van der Waals surface area contributed by atoms with E-state index in [2.05, 4.69) is 14.9 Å². The lowest BCUT2D eigenvalue weighted by Gasteiger charge is -2.08. The predicted molar refractivity (Wildman–Crippen MR) is 73.4 cm³/mol. The number of aromatic nitrogens is 2. The van der Waals surface area contributed by atoms with E-state index in [0.717, 1.165) is 12.1 Å². The predicted octanol–water partition coefficient (Wildman–Crippen LogP) is 1.77. The first kappa shape index (κ1) is 14.8. The Morgan fingerprint density at radius 3 is 2.75 bits per heavy atom. The molecule has 2 aromatic rings. The Kier molecular flexibility index (Phi) is 3.98. The van der Waals surface area contributed by atoms with Crippen LogP contribution in [-0.2, 0) is 16.6 Å². The number of nitrogens with zero attached hydrogens (tertiary/aromatic N) is 1. The molecule has 0 unspecified atom stereocenters. The van der Waals surface area contributed by atoms with Gasteiger partial charge in [-0.3, -0.25) is 9.82 Å². The van der Waals surface area contributed by atoms with Gasteiger partial charge in [0.25, 0.3) is 10.0 Å². The number of hydrogen-bond donors (Lipinski definition) is 3. The minimum Gasteiger partial charge on any atom is -0.326 e. The number of rotatable bonds is 4. The van der Waals surface area contributed by atoms with Crippen LogP contribution in [0.4, 0.5) is 10.1 Å². The van der Waals surface area contributed by atoms with Crippen molar-refractivity contribution in [1.29, 1.82) is 0 Å². The number of aryl methyl sites for hydroxylation is 1. The van der Waals surface area contributed by atoms with E-state index in [0.29, 0.717) is 11.3 Å². The second kappa shape index (κ2) is 5.39. The van der Waals surface area contributed by atoms with Crippen molar-refractivity contribution < 1.29 is 12.8 Å². The number of halogens is 2. The van der Waals surface area contributed by atoms with Gasteiger partial charge in [-0.05, 0) is 25.1 Å². The van der Waals surface area contributed by atoms with Crippen LogP contribution in [0.1, 0.15) is 11.3 Å². The minimum atomic E-state index is -3.97. The van der Waals surface area contributed by atoms with E-state index in [1.165, 1.54) is 6.07 Å². The molecule has 0 fully saturated rings. The highest BCUT2D eigenvalue weighted by Crippen LogP contribution is 2.22. The van der Waals surface area contributed by atoms with Gasteiger partial charge in [-0.1, -0.05) is 11.6 Å². The summed E-state index contributed by atoms with van der Waals surface area (Å²) < 4.78 is 39.8. The van der Waals surface area contributed by atoms with Crippen LogP contribution in [-0.4, -0.2) is 18.6 Å². The van der Waals surface area contributed by atoms with Crippen molar-refractivity contribution in [2.45, 2.75) is 18.5 Å². The average molecular weight is 319 g/mol. The minimum absolute atomic E-state index is 0.0126. The van der Waals surface area contributed by atoms with Crippen molar-refractivity contribution in [2.75, 3.05) is 4.72 Å². The second-order valence-corrected chi connectivity index (χ2v) is 6.13. The van der Waals surface area contributed by atoms with Crippen LogP contribution in [0, 0.1) is 12.7 Å². The summed E-state index contributed by atoms with van der Waals surface area (Å²) in [7, 11) is -3.97. The number of hydrogen-bond acceptors (Lipinski definition) is 4. The maximum atomic E-state index is 13.2. The molecule has 0 atom stereocenters. The van der Waals surface area contributed by atoms with Crippen LogP contribution < -0.4 is 10.5 Å².